The summed E-state index contributed by atoms with van der Waals surface area (Å²) < 4.78 is 2.06. The van der Waals surface area contributed by atoms with E-state index >= 15 is 0 Å². The summed E-state index contributed by atoms with van der Waals surface area (Å²) in [7, 11) is 0. The van der Waals surface area contributed by atoms with E-state index in [2.05, 4.69) is 27.5 Å². The highest BCUT2D eigenvalue weighted by atomic mass is 15.1. The molecule has 0 aromatic carbocycles. The third-order valence-corrected chi connectivity index (χ3v) is 2.70. The second-order valence-electron chi connectivity index (χ2n) is 3.99. The van der Waals surface area contributed by atoms with Gasteiger partial charge in [-0.15, -0.1) is 0 Å². The molecular weight excluding hydrogens is 212 g/mol. The van der Waals surface area contributed by atoms with Gasteiger partial charge in [0.15, 0.2) is 0 Å². The number of hydrogen-bond acceptors (Lipinski definition) is 3. The molecule has 4 nitrogen and oxygen atoms in total. The Balaban J connectivity index is 2.41. The van der Waals surface area contributed by atoms with Gasteiger partial charge in [-0.2, -0.15) is 0 Å². The van der Waals surface area contributed by atoms with E-state index in [4.69, 9.17) is 5.73 Å². The zero-order valence-corrected chi connectivity index (χ0v) is 10.1. The van der Waals surface area contributed by atoms with Gasteiger partial charge < -0.3 is 5.73 Å². The number of aromatic nitrogens is 3. The van der Waals surface area contributed by atoms with Crippen molar-refractivity contribution < 1.29 is 0 Å². The van der Waals surface area contributed by atoms with Crippen LogP contribution in [0.15, 0.2) is 30.7 Å². The smallest absolute Gasteiger partial charge is 0.141 e. The normalized spacial score (nSPS) is 10.7. The first-order valence-corrected chi connectivity index (χ1v) is 6.03. The summed E-state index contributed by atoms with van der Waals surface area (Å²) in [6.07, 6.45) is 8.49. The lowest BCUT2D eigenvalue weighted by atomic mass is 10.2. The number of nitrogens with two attached hydrogens (primary N) is 1. The number of pyridine rings is 1. The first-order chi connectivity index (χ1) is 8.36. The number of imidazole rings is 1. The van der Waals surface area contributed by atoms with Gasteiger partial charge in [0.05, 0.1) is 0 Å². The molecule has 2 aromatic heterocycles. The van der Waals surface area contributed by atoms with Crippen LogP contribution >= 0.6 is 0 Å². The van der Waals surface area contributed by atoms with Crippen LogP contribution in [0, 0.1) is 0 Å². The summed E-state index contributed by atoms with van der Waals surface area (Å²) in [6.45, 7) is 2.79. The number of aryl methyl sites for hydroxylation is 1. The Morgan fingerprint density at radius 1 is 1.24 bits per heavy atom. The molecule has 0 aliphatic heterocycles. The third kappa shape index (κ3) is 2.53. The molecule has 0 saturated heterocycles. The lowest BCUT2D eigenvalue weighted by molar-refractivity contribution is 0.788. The van der Waals surface area contributed by atoms with Crippen molar-refractivity contribution in [2.45, 2.75) is 26.2 Å². The van der Waals surface area contributed by atoms with Crippen LogP contribution in [-0.4, -0.2) is 21.1 Å². The molecule has 0 fully saturated rings. The summed E-state index contributed by atoms with van der Waals surface area (Å²) in [6, 6.07) is 4.02. The minimum Gasteiger partial charge on any atom is -0.330 e. The SMILES string of the molecule is CCCc1nccn1-c1ncccc1CCN. The Kier molecular flexibility index (Phi) is 3.88. The van der Waals surface area contributed by atoms with E-state index in [1.54, 1.807) is 0 Å². The maximum absolute atomic E-state index is 5.63. The van der Waals surface area contributed by atoms with Crippen molar-refractivity contribution in [3.63, 3.8) is 0 Å². The van der Waals surface area contributed by atoms with Crippen molar-refractivity contribution in [3.05, 3.63) is 42.1 Å². The molecule has 0 amide bonds. The number of nitrogens with zero attached hydrogens (tertiary/aromatic N) is 3. The molecule has 0 saturated carbocycles. The van der Waals surface area contributed by atoms with Crippen LogP contribution in [0.1, 0.15) is 24.7 Å². The molecule has 0 spiro atoms. The molecule has 0 aliphatic carbocycles. The molecule has 0 aliphatic rings. The fourth-order valence-electron chi connectivity index (χ4n) is 1.93. The highest BCUT2D eigenvalue weighted by Gasteiger charge is 2.09. The molecule has 90 valence electrons. The molecule has 0 bridgehead atoms. The van der Waals surface area contributed by atoms with Gasteiger partial charge in [-0.1, -0.05) is 13.0 Å². The van der Waals surface area contributed by atoms with E-state index in [0.29, 0.717) is 6.54 Å². The first-order valence-electron chi connectivity index (χ1n) is 6.03. The Morgan fingerprint density at radius 3 is 2.88 bits per heavy atom. The molecule has 0 radical (unpaired) electrons. The maximum Gasteiger partial charge on any atom is 0.141 e. The Labute approximate surface area is 102 Å². The van der Waals surface area contributed by atoms with Gasteiger partial charge in [0.25, 0.3) is 0 Å². The standard InChI is InChI=1S/C13H18N4/c1-2-4-12-15-9-10-17(12)13-11(6-7-14)5-3-8-16-13/h3,5,8-10H,2,4,6-7,14H2,1H3. The molecule has 2 N–H and O–H groups in total. The first kappa shape index (κ1) is 11.8. The van der Waals surface area contributed by atoms with Crippen molar-refractivity contribution in [1.82, 2.24) is 14.5 Å². The van der Waals surface area contributed by atoms with Crippen LogP contribution in [-0.2, 0) is 12.8 Å². The summed E-state index contributed by atoms with van der Waals surface area (Å²) in [4.78, 5) is 8.83. The van der Waals surface area contributed by atoms with Crippen LogP contribution in [0.4, 0.5) is 0 Å². The summed E-state index contributed by atoms with van der Waals surface area (Å²) in [5, 5.41) is 0. The summed E-state index contributed by atoms with van der Waals surface area (Å²) in [5.41, 5.74) is 6.80. The molecule has 4 heteroatoms. The molecule has 17 heavy (non-hydrogen) atoms. The minimum atomic E-state index is 0.635. The van der Waals surface area contributed by atoms with E-state index in [1.165, 1.54) is 5.56 Å². The average molecular weight is 230 g/mol. The van der Waals surface area contributed by atoms with E-state index < -0.39 is 0 Å². The second-order valence-corrected chi connectivity index (χ2v) is 3.99. The fraction of sp³-hybridized carbons (Fsp3) is 0.385. The van der Waals surface area contributed by atoms with Crippen LogP contribution in [0.25, 0.3) is 5.82 Å². The summed E-state index contributed by atoms with van der Waals surface area (Å²) in [5.74, 6) is 2.02. The van der Waals surface area contributed by atoms with Crippen molar-refractivity contribution in [2.75, 3.05) is 6.54 Å². The number of hydrogen-bond donors (Lipinski definition) is 1. The minimum absolute atomic E-state index is 0.635. The van der Waals surface area contributed by atoms with E-state index in [9.17, 15) is 0 Å². The van der Waals surface area contributed by atoms with Gasteiger partial charge in [-0.3, -0.25) is 4.57 Å². The Morgan fingerprint density at radius 2 is 2.12 bits per heavy atom. The average Bonchev–Trinajstić information content (AvgIpc) is 2.79. The lowest BCUT2D eigenvalue weighted by Crippen LogP contribution is -2.10. The van der Waals surface area contributed by atoms with Crippen LogP contribution in [0.2, 0.25) is 0 Å². The monoisotopic (exact) mass is 230 g/mol. The van der Waals surface area contributed by atoms with Gasteiger partial charge in [0.1, 0.15) is 11.6 Å². The lowest BCUT2D eigenvalue weighted by Gasteiger charge is -2.10. The Hall–Kier alpha value is -1.68. The largest absolute Gasteiger partial charge is 0.330 e. The zero-order valence-electron chi connectivity index (χ0n) is 10.1. The van der Waals surface area contributed by atoms with Gasteiger partial charge in [0, 0.05) is 25.0 Å². The highest BCUT2D eigenvalue weighted by molar-refractivity contribution is 5.35. The van der Waals surface area contributed by atoms with Gasteiger partial charge in [-0.05, 0) is 31.0 Å². The predicted octanol–water partition coefficient (Wildman–Crippen LogP) is 1.72. The quantitative estimate of drug-likeness (QED) is 0.851. The van der Waals surface area contributed by atoms with Crippen LogP contribution in [0.3, 0.4) is 0 Å². The molecular formula is C13H18N4. The Bertz CT molecular complexity index is 476. The highest BCUT2D eigenvalue weighted by Crippen LogP contribution is 2.14. The second kappa shape index (κ2) is 5.59. The molecule has 2 rings (SSSR count). The van der Waals surface area contributed by atoms with Crippen molar-refractivity contribution in [1.29, 1.82) is 0 Å². The fourth-order valence-corrected chi connectivity index (χ4v) is 1.93. The van der Waals surface area contributed by atoms with Gasteiger partial charge in [0.2, 0.25) is 0 Å². The maximum atomic E-state index is 5.63. The third-order valence-electron chi connectivity index (χ3n) is 2.70. The molecule has 2 aromatic rings. The topological polar surface area (TPSA) is 56.7 Å². The zero-order chi connectivity index (χ0) is 12.1. The van der Waals surface area contributed by atoms with Crippen LogP contribution in [0.5, 0.6) is 0 Å². The number of rotatable bonds is 5. The predicted molar refractivity (Wildman–Crippen MR) is 68.1 cm³/mol. The van der Waals surface area contributed by atoms with E-state index in [-0.39, 0.29) is 0 Å². The van der Waals surface area contributed by atoms with E-state index in [0.717, 1.165) is 30.9 Å². The van der Waals surface area contributed by atoms with Crippen LogP contribution < -0.4 is 5.73 Å². The van der Waals surface area contributed by atoms with E-state index in [1.807, 2.05) is 24.7 Å². The van der Waals surface area contributed by atoms with Gasteiger partial charge in [-0.25, -0.2) is 9.97 Å². The molecule has 0 atom stereocenters. The molecule has 2 heterocycles. The van der Waals surface area contributed by atoms with Crippen molar-refractivity contribution in [2.24, 2.45) is 5.73 Å². The summed E-state index contributed by atoms with van der Waals surface area (Å²) >= 11 is 0. The van der Waals surface area contributed by atoms with Crippen molar-refractivity contribution in [3.8, 4) is 5.82 Å². The van der Waals surface area contributed by atoms with Gasteiger partial charge >= 0.3 is 0 Å². The van der Waals surface area contributed by atoms with Crippen molar-refractivity contribution >= 4 is 0 Å². The molecule has 0 unspecified atom stereocenters.